The monoisotopic (exact) mass is 337 g/mol. The number of benzene rings is 1. The van der Waals surface area contributed by atoms with Crippen molar-refractivity contribution in [3.8, 4) is 0 Å². The summed E-state index contributed by atoms with van der Waals surface area (Å²) in [5, 5.41) is 6.03. The number of hydrogen-bond acceptors (Lipinski definition) is 1. The van der Waals surface area contributed by atoms with E-state index in [1.807, 2.05) is 30.3 Å². The first-order chi connectivity index (χ1) is 5.50. The van der Waals surface area contributed by atoms with Gasteiger partial charge in [0.05, 0.1) is 0 Å². The van der Waals surface area contributed by atoms with E-state index in [1.165, 1.54) is 0 Å². The van der Waals surface area contributed by atoms with Crippen LogP contribution in [0, 0.1) is 12.3 Å². The average molecular weight is 336 g/mol. The van der Waals surface area contributed by atoms with Crippen LogP contribution in [0.1, 0.15) is 0 Å². The van der Waals surface area contributed by atoms with Gasteiger partial charge in [0.15, 0.2) is 0 Å². The number of nitrogens with one attached hydrogen (secondary N) is 1. The van der Waals surface area contributed by atoms with Crippen LogP contribution in [0.2, 0.25) is 0 Å². The fraction of sp³-hybridized carbons (Fsp3) is 0. The minimum absolute atomic E-state index is 0. The van der Waals surface area contributed by atoms with Crippen molar-refractivity contribution in [1.29, 1.82) is 0 Å². The zero-order chi connectivity index (χ0) is 7.78. The molecule has 0 aliphatic rings. The van der Waals surface area contributed by atoms with Gasteiger partial charge in [0, 0.05) is 20.1 Å². The van der Waals surface area contributed by atoms with Gasteiger partial charge < -0.3 is 10.2 Å². The van der Waals surface area contributed by atoms with Crippen molar-refractivity contribution in [3.63, 3.8) is 0 Å². The van der Waals surface area contributed by atoms with Gasteiger partial charge in [-0.15, -0.1) is 12.4 Å². The first kappa shape index (κ1) is 11.1. The summed E-state index contributed by atoms with van der Waals surface area (Å²) < 4.78 is 0. The van der Waals surface area contributed by atoms with Gasteiger partial charge in [0.2, 0.25) is 0 Å². The van der Waals surface area contributed by atoms with E-state index in [-0.39, 0.29) is 20.1 Å². The molecule has 0 saturated heterocycles. The maximum Gasteiger partial charge on any atom is 0 e. The Hall–Kier alpha value is -0.921. The average Bonchev–Trinajstić information content (AvgIpc) is 2.64. The third kappa shape index (κ3) is 5.83. The van der Waals surface area contributed by atoms with Crippen LogP contribution in [0.15, 0.2) is 42.6 Å². The fourth-order valence-electron chi connectivity index (χ4n) is 0.528. The molecule has 0 bridgehead atoms. The largest absolute Gasteiger partial charge is 0.382 e. The molecule has 0 aliphatic carbocycles. The molecule has 2 rings (SSSR count). The minimum Gasteiger partial charge on any atom is -0.382 e. The molecule has 1 aromatic heterocycles. The second kappa shape index (κ2) is 8.18. The molecule has 2 aromatic rings. The summed E-state index contributed by atoms with van der Waals surface area (Å²) in [5.74, 6) is 0. The molecule has 0 unspecified atom stereocenters. The molecule has 3 heteroatoms. The minimum atomic E-state index is 0. The maximum absolute atomic E-state index is 3.47. The van der Waals surface area contributed by atoms with E-state index < -0.39 is 0 Å². The number of aromatic amines is 1. The quantitative estimate of drug-likeness (QED) is 0.729. The summed E-state index contributed by atoms with van der Waals surface area (Å²) in [7, 11) is 0. The second-order valence-corrected chi connectivity index (χ2v) is 1.78. The van der Waals surface area contributed by atoms with E-state index in [9.17, 15) is 0 Å². The van der Waals surface area contributed by atoms with E-state index >= 15 is 0 Å². The molecule has 0 fully saturated rings. The van der Waals surface area contributed by atoms with Gasteiger partial charge in [0.25, 0.3) is 0 Å². The molecular formula is C9H8IrN2-2. The topological polar surface area (TPSA) is 28.7 Å². The van der Waals surface area contributed by atoms with Crippen molar-refractivity contribution in [3.05, 3.63) is 54.9 Å². The van der Waals surface area contributed by atoms with Crippen molar-refractivity contribution < 1.29 is 20.1 Å². The predicted octanol–water partition coefficient (Wildman–Crippen LogP) is 1.69. The van der Waals surface area contributed by atoms with E-state index in [2.05, 4.69) is 22.5 Å². The van der Waals surface area contributed by atoms with Gasteiger partial charge in [-0.2, -0.15) is 42.5 Å². The Morgan fingerprint density at radius 2 is 1.75 bits per heavy atom. The Balaban J connectivity index is 0.000000189. The van der Waals surface area contributed by atoms with E-state index in [0.29, 0.717) is 0 Å². The summed E-state index contributed by atoms with van der Waals surface area (Å²) in [6.45, 7) is 0. The summed E-state index contributed by atoms with van der Waals surface area (Å²) in [4.78, 5) is 0. The maximum atomic E-state index is 3.47. The third-order valence-electron chi connectivity index (χ3n) is 0.969. The Bertz CT molecular complexity index is 198. The molecule has 1 N–H and O–H groups in total. The van der Waals surface area contributed by atoms with Crippen LogP contribution < -0.4 is 0 Å². The van der Waals surface area contributed by atoms with Gasteiger partial charge >= 0.3 is 0 Å². The molecule has 0 atom stereocenters. The van der Waals surface area contributed by atoms with E-state index in [1.54, 1.807) is 12.3 Å². The number of nitrogens with zero attached hydrogens (tertiary/aromatic N) is 1. The molecule has 0 aliphatic heterocycles. The summed E-state index contributed by atoms with van der Waals surface area (Å²) in [5.41, 5.74) is 0. The number of aromatic nitrogens is 2. The van der Waals surface area contributed by atoms with Crippen LogP contribution in [0.3, 0.4) is 0 Å². The Morgan fingerprint density at radius 3 is 1.92 bits per heavy atom. The zero-order valence-electron chi connectivity index (χ0n) is 6.32. The number of hydrogen-bond donors (Lipinski definition) is 1. The number of H-pyrrole nitrogens is 1. The Kier molecular flexibility index (Phi) is 7.55. The van der Waals surface area contributed by atoms with Crippen LogP contribution in [0.4, 0.5) is 0 Å². The third-order valence-corrected chi connectivity index (χ3v) is 0.969. The van der Waals surface area contributed by atoms with Crippen molar-refractivity contribution in [2.75, 3.05) is 0 Å². The van der Waals surface area contributed by atoms with Gasteiger partial charge in [0.1, 0.15) is 0 Å². The van der Waals surface area contributed by atoms with Crippen molar-refractivity contribution >= 4 is 0 Å². The van der Waals surface area contributed by atoms with E-state index in [0.717, 1.165) is 0 Å². The Morgan fingerprint density at radius 1 is 1.00 bits per heavy atom. The van der Waals surface area contributed by atoms with Crippen LogP contribution in [-0.2, 0) is 20.1 Å². The smallest absolute Gasteiger partial charge is 0 e. The van der Waals surface area contributed by atoms with Crippen LogP contribution >= 0.6 is 0 Å². The molecule has 1 aromatic carbocycles. The molecule has 2 nitrogen and oxygen atoms in total. The van der Waals surface area contributed by atoms with Gasteiger partial charge in [-0.25, -0.2) is 0 Å². The molecular weight excluding hydrogens is 328 g/mol. The van der Waals surface area contributed by atoms with Crippen LogP contribution in [-0.4, -0.2) is 10.2 Å². The summed E-state index contributed by atoms with van der Waals surface area (Å²) >= 11 is 0. The number of rotatable bonds is 0. The molecule has 65 valence electrons. The predicted molar refractivity (Wildman–Crippen MR) is 42.7 cm³/mol. The molecule has 1 radical (unpaired) electrons. The van der Waals surface area contributed by atoms with Crippen molar-refractivity contribution in [1.82, 2.24) is 10.2 Å². The molecule has 0 amide bonds. The molecule has 1 heterocycles. The van der Waals surface area contributed by atoms with Crippen LogP contribution in [0.5, 0.6) is 0 Å². The van der Waals surface area contributed by atoms with Gasteiger partial charge in [-0.1, -0.05) is 0 Å². The zero-order valence-corrected chi connectivity index (χ0v) is 8.72. The second-order valence-electron chi connectivity index (χ2n) is 1.78. The van der Waals surface area contributed by atoms with Crippen molar-refractivity contribution in [2.24, 2.45) is 0 Å². The Labute approximate surface area is 85.4 Å². The van der Waals surface area contributed by atoms with Gasteiger partial charge in [-0.3, -0.25) is 0 Å². The van der Waals surface area contributed by atoms with Gasteiger partial charge in [-0.05, 0) is 0 Å². The first-order valence-corrected chi connectivity index (χ1v) is 3.27. The first-order valence-electron chi connectivity index (χ1n) is 3.27. The summed E-state index contributed by atoms with van der Waals surface area (Å²) in [6.07, 6.45) is 4.26. The van der Waals surface area contributed by atoms with Crippen LogP contribution in [0.25, 0.3) is 0 Å². The molecule has 0 saturated carbocycles. The van der Waals surface area contributed by atoms with Crippen molar-refractivity contribution in [2.45, 2.75) is 0 Å². The standard InChI is InChI=1S/C6H5.C3H3N2.Ir/c1-2-4-6-5-3-1;1-2-4-5-3-1;/h1-5H;1-2H,(H,4,5);/q2*-1;. The fourth-order valence-corrected chi connectivity index (χ4v) is 0.528. The normalized spacial score (nSPS) is 7.33. The molecule has 0 spiro atoms. The summed E-state index contributed by atoms with van der Waals surface area (Å²) in [6, 6.07) is 14.2. The SMILES string of the molecule is [Ir].[c-]1cc[nH]n1.[c-]1ccccc1. The van der Waals surface area contributed by atoms with E-state index in [4.69, 9.17) is 0 Å². The molecule has 12 heavy (non-hydrogen) atoms.